The Morgan fingerprint density at radius 3 is 2.47 bits per heavy atom. The summed E-state index contributed by atoms with van der Waals surface area (Å²) in [5, 5.41) is 0.592. The van der Waals surface area contributed by atoms with Crippen LogP contribution in [0.3, 0.4) is 0 Å². The molecule has 0 saturated heterocycles. The van der Waals surface area contributed by atoms with Gasteiger partial charge in [-0.3, -0.25) is 9.59 Å². The molecule has 1 aromatic heterocycles. The van der Waals surface area contributed by atoms with Gasteiger partial charge >= 0.3 is 5.97 Å². The zero-order valence-electron chi connectivity index (χ0n) is 10.2. The number of halogens is 1. The van der Waals surface area contributed by atoms with Crippen molar-refractivity contribution in [2.24, 2.45) is 0 Å². The third-order valence-electron chi connectivity index (χ3n) is 2.54. The number of carbonyl (C=O) groups excluding carboxylic acids is 2. The summed E-state index contributed by atoms with van der Waals surface area (Å²) in [6.07, 6.45) is 0.190. The van der Waals surface area contributed by atoms with E-state index in [1.54, 1.807) is 36.4 Å². The Hall–Kier alpha value is -1.65. The summed E-state index contributed by atoms with van der Waals surface area (Å²) in [5.74, 6) is -0.384. The maximum absolute atomic E-state index is 12.2. The molecule has 0 fully saturated rings. The number of hydrogen-bond acceptors (Lipinski definition) is 4. The quantitative estimate of drug-likeness (QED) is 0.641. The Kier molecular flexibility index (Phi) is 4.35. The summed E-state index contributed by atoms with van der Waals surface area (Å²) in [4.78, 5) is 24.7. The maximum atomic E-state index is 12.2. The van der Waals surface area contributed by atoms with E-state index in [9.17, 15) is 9.59 Å². The summed E-state index contributed by atoms with van der Waals surface area (Å²) in [6, 6.07) is 10.2. The van der Waals surface area contributed by atoms with Crippen LogP contribution in [-0.2, 0) is 16.0 Å². The minimum atomic E-state index is -0.313. The van der Waals surface area contributed by atoms with Gasteiger partial charge in [0.2, 0.25) is 5.78 Å². The van der Waals surface area contributed by atoms with Crippen molar-refractivity contribution in [2.45, 2.75) is 6.42 Å². The van der Waals surface area contributed by atoms with E-state index in [0.717, 1.165) is 4.88 Å². The first-order valence-corrected chi connectivity index (χ1v) is 6.75. The number of ketones is 1. The predicted molar refractivity (Wildman–Crippen MR) is 74.9 cm³/mol. The number of methoxy groups -OCH3 is 1. The first kappa shape index (κ1) is 13.8. The molecule has 0 aliphatic rings. The van der Waals surface area contributed by atoms with E-state index in [1.807, 2.05) is 0 Å². The van der Waals surface area contributed by atoms with E-state index in [4.69, 9.17) is 11.6 Å². The van der Waals surface area contributed by atoms with Crippen LogP contribution in [0.5, 0.6) is 0 Å². The zero-order chi connectivity index (χ0) is 13.8. The van der Waals surface area contributed by atoms with Crippen LogP contribution in [0.1, 0.15) is 20.1 Å². The molecule has 1 heterocycles. The lowest BCUT2D eigenvalue weighted by Gasteiger charge is -1.98. The second-order valence-electron chi connectivity index (χ2n) is 3.85. The van der Waals surface area contributed by atoms with Gasteiger partial charge in [0.25, 0.3) is 0 Å². The van der Waals surface area contributed by atoms with Crippen molar-refractivity contribution in [3.8, 4) is 0 Å². The molecular formula is C14H11ClO3S. The molecule has 0 saturated carbocycles. The Morgan fingerprint density at radius 2 is 1.84 bits per heavy atom. The lowest BCUT2D eigenvalue weighted by molar-refractivity contribution is -0.139. The fourth-order valence-electron chi connectivity index (χ4n) is 1.55. The molecule has 0 radical (unpaired) electrons. The minimum Gasteiger partial charge on any atom is -0.469 e. The molecular weight excluding hydrogens is 284 g/mol. The molecule has 0 aliphatic heterocycles. The fraction of sp³-hybridized carbons (Fsp3) is 0.143. The average molecular weight is 295 g/mol. The summed E-state index contributed by atoms with van der Waals surface area (Å²) < 4.78 is 4.59. The maximum Gasteiger partial charge on any atom is 0.310 e. The van der Waals surface area contributed by atoms with E-state index in [1.165, 1.54) is 18.4 Å². The second-order valence-corrected chi connectivity index (χ2v) is 5.46. The van der Waals surface area contributed by atoms with E-state index in [-0.39, 0.29) is 18.2 Å². The Bertz CT molecular complexity index is 601. The van der Waals surface area contributed by atoms with Gasteiger partial charge in [0.05, 0.1) is 18.4 Å². The highest BCUT2D eigenvalue weighted by Gasteiger charge is 2.13. The number of hydrogen-bond donors (Lipinski definition) is 0. The number of esters is 1. The van der Waals surface area contributed by atoms with Gasteiger partial charge in [-0.05, 0) is 36.4 Å². The monoisotopic (exact) mass is 294 g/mol. The molecule has 0 spiro atoms. The summed E-state index contributed by atoms with van der Waals surface area (Å²) in [6.45, 7) is 0. The van der Waals surface area contributed by atoms with Crippen molar-refractivity contribution in [1.82, 2.24) is 0 Å². The van der Waals surface area contributed by atoms with Gasteiger partial charge < -0.3 is 4.74 Å². The lowest BCUT2D eigenvalue weighted by atomic mass is 10.1. The van der Waals surface area contributed by atoms with Crippen LogP contribution in [-0.4, -0.2) is 18.9 Å². The predicted octanol–water partition coefficient (Wildman–Crippen LogP) is 3.35. The number of thiophene rings is 1. The van der Waals surface area contributed by atoms with Gasteiger partial charge in [-0.15, -0.1) is 11.3 Å². The van der Waals surface area contributed by atoms with Gasteiger partial charge in [-0.2, -0.15) is 0 Å². The number of carbonyl (C=O) groups is 2. The average Bonchev–Trinajstić information content (AvgIpc) is 2.87. The van der Waals surface area contributed by atoms with Crippen LogP contribution in [0.25, 0.3) is 0 Å². The van der Waals surface area contributed by atoms with Crippen LogP contribution in [0, 0.1) is 0 Å². The Morgan fingerprint density at radius 1 is 1.16 bits per heavy atom. The van der Waals surface area contributed by atoms with Crippen LogP contribution in [0.4, 0.5) is 0 Å². The van der Waals surface area contributed by atoms with E-state index >= 15 is 0 Å². The molecule has 0 aliphatic carbocycles. The van der Waals surface area contributed by atoms with E-state index in [0.29, 0.717) is 15.5 Å². The molecule has 2 rings (SSSR count). The summed E-state index contributed by atoms with van der Waals surface area (Å²) >= 11 is 7.08. The molecule has 2 aromatic rings. The van der Waals surface area contributed by atoms with Crippen LogP contribution in [0.15, 0.2) is 36.4 Å². The zero-order valence-corrected chi connectivity index (χ0v) is 11.8. The topological polar surface area (TPSA) is 43.4 Å². The van der Waals surface area contributed by atoms with E-state index in [2.05, 4.69) is 4.74 Å². The van der Waals surface area contributed by atoms with Crippen LogP contribution >= 0.6 is 22.9 Å². The molecule has 0 N–H and O–H groups in total. The molecule has 1 aromatic carbocycles. The molecule has 98 valence electrons. The smallest absolute Gasteiger partial charge is 0.310 e. The normalized spacial score (nSPS) is 10.2. The van der Waals surface area contributed by atoms with Gasteiger partial charge in [0.15, 0.2) is 0 Å². The molecule has 0 atom stereocenters. The van der Waals surface area contributed by atoms with Gasteiger partial charge in [-0.25, -0.2) is 0 Å². The number of ether oxygens (including phenoxy) is 1. The van der Waals surface area contributed by atoms with Crippen molar-refractivity contribution in [2.75, 3.05) is 7.11 Å². The van der Waals surface area contributed by atoms with Crippen molar-refractivity contribution >= 4 is 34.7 Å². The fourth-order valence-corrected chi connectivity index (χ4v) is 2.63. The second kappa shape index (κ2) is 5.99. The van der Waals surface area contributed by atoms with Crippen molar-refractivity contribution in [1.29, 1.82) is 0 Å². The molecule has 0 bridgehead atoms. The highest BCUT2D eigenvalue weighted by Crippen LogP contribution is 2.21. The standard InChI is InChI=1S/C14H11ClO3S/c1-18-13(16)8-11-6-7-12(19-11)14(17)9-2-4-10(15)5-3-9/h2-7H,8H2,1H3. The van der Waals surface area contributed by atoms with Gasteiger partial charge in [0, 0.05) is 15.5 Å². The molecule has 0 unspecified atom stereocenters. The molecule has 19 heavy (non-hydrogen) atoms. The third-order valence-corrected chi connectivity index (χ3v) is 3.87. The number of rotatable bonds is 4. The number of benzene rings is 1. The van der Waals surface area contributed by atoms with E-state index < -0.39 is 0 Å². The van der Waals surface area contributed by atoms with Gasteiger partial charge in [0.1, 0.15) is 0 Å². The summed E-state index contributed by atoms with van der Waals surface area (Å²) in [5.41, 5.74) is 0.580. The first-order valence-electron chi connectivity index (χ1n) is 5.56. The van der Waals surface area contributed by atoms with Crippen molar-refractivity contribution in [3.05, 3.63) is 56.7 Å². The summed E-state index contributed by atoms with van der Waals surface area (Å²) in [7, 11) is 1.34. The molecule has 5 heteroatoms. The Labute approximate surface area is 119 Å². The van der Waals surface area contributed by atoms with Crippen molar-refractivity contribution in [3.63, 3.8) is 0 Å². The lowest BCUT2D eigenvalue weighted by Crippen LogP contribution is -2.02. The van der Waals surface area contributed by atoms with Gasteiger partial charge in [-0.1, -0.05) is 11.6 Å². The first-order chi connectivity index (χ1) is 9.10. The van der Waals surface area contributed by atoms with Crippen molar-refractivity contribution < 1.29 is 14.3 Å². The Balaban J connectivity index is 2.16. The highest BCUT2D eigenvalue weighted by atomic mass is 35.5. The molecule has 3 nitrogen and oxygen atoms in total. The highest BCUT2D eigenvalue weighted by molar-refractivity contribution is 7.14. The minimum absolute atomic E-state index is 0.0715. The van der Waals surface area contributed by atoms with Crippen LogP contribution < -0.4 is 0 Å². The van der Waals surface area contributed by atoms with Crippen LogP contribution in [0.2, 0.25) is 5.02 Å². The third kappa shape index (κ3) is 3.43. The SMILES string of the molecule is COC(=O)Cc1ccc(C(=O)c2ccc(Cl)cc2)s1. The molecule has 0 amide bonds. The largest absolute Gasteiger partial charge is 0.469 e.